The number of allylic oxidation sites excluding steroid dienone is 3. The number of carbonyl (C=O) groups is 2. The summed E-state index contributed by atoms with van der Waals surface area (Å²) in [6.07, 6.45) is 1.74. The average Bonchev–Trinajstić information content (AvgIpc) is 3.18. The molecular weight excluding hydrogens is 387 g/mol. The molecule has 0 spiro atoms. The summed E-state index contributed by atoms with van der Waals surface area (Å²) in [7, 11) is 0. The molecule has 1 aromatic rings. The summed E-state index contributed by atoms with van der Waals surface area (Å²) in [5.41, 5.74) is 4.71. The molecule has 0 radical (unpaired) electrons. The van der Waals surface area contributed by atoms with Crippen LogP contribution in [0.3, 0.4) is 0 Å². The smallest absolute Gasteiger partial charge is 0.256 e. The van der Waals surface area contributed by atoms with Crippen molar-refractivity contribution in [1.82, 2.24) is 5.32 Å². The summed E-state index contributed by atoms with van der Waals surface area (Å²) < 4.78 is 13.7. The largest absolute Gasteiger partial charge is 0.348 e. The number of anilines is 1. The monoisotopic (exact) mass is 414 g/mol. The van der Waals surface area contributed by atoms with Crippen molar-refractivity contribution in [3.05, 3.63) is 57.9 Å². The van der Waals surface area contributed by atoms with Crippen LogP contribution in [0, 0.1) is 11.7 Å². The first-order valence-corrected chi connectivity index (χ1v) is 10.9. The number of nitrogens with one attached hydrogen (secondary N) is 2. The van der Waals surface area contributed by atoms with E-state index in [1.807, 2.05) is 39.5 Å². The highest BCUT2D eigenvalue weighted by Crippen LogP contribution is 2.34. The highest BCUT2D eigenvalue weighted by Gasteiger charge is 2.28. The van der Waals surface area contributed by atoms with Crippen molar-refractivity contribution in [3.63, 3.8) is 0 Å². The molecule has 1 saturated heterocycles. The van der Waals surface area contributed by atoms with Gasteiger partial charge in [0.2, 0.25) is 0 Å². The van der Waals surface area contributed by atoms with E-state index >= 15 is 0 Å². The summed E-state index contributed by atoms with van der Waals surface area (Å²) in [5.74, 6) is 1.69. The maximum Gasteiger partial charge on any atom is 0.256 e. The van der Waals surface area contributed by atoms with Gasteiger partial charge in [-0.1, -0.05) is 12.5 Å². The second kappa shape index (κ2) is 8.57. The molecule has 0 saturated carbocycles. The van der Waals surface area contributed by atoms with Crippen molar-refractivity contribution in [1.29, 1.82) is 0 Å². The quantitative estimate of drug-likeness (QED) is 0.555. The second-order valence-electron chi connectivity index (χ2n) is 7.98. The molecule has 0 aliphatic carbocycles. The Bertz CT molecular complexity index is 958. The Morgan fingerprint density at radius 1 is 1.24 bits per heavy atom. The lowest BCUT2D eigenvalue weighted by molar-refractivity contribution is -0.118. The first-order chi connectivity index (χ1) is 13.7. The highest BCUT2D eigenvalue weighted by molar-refractivity contribution is 7.99. The third-order valence-electron chi connectivity index (χ3n) is 5.50. The van der Waals surface area contributed by atoms with Gasteiger partial charge in [0.25, 0.3) is 11.8 Å². The average molecular weight is 415 g/mol. The molecule has 2 atom stereocenters. The molecule has 2 heterocycles. The molecule has 29 heavy (non-hydrogen) atoms. The van der Waals surface area contributed by atoms with Crippen LogP contribution in [0.25, 0.3) is 5.57 Å². The number of thioether (sulfide) groups is 1. The minimum absolute atomic E-state index is 0.0816. The van der Waals surface area contributed by atoms with Gasteiger partial charge in [-0.15, -0.1) is 0 Å². The van der Waals surface area contributed by atoms with Gasteiger partial charge in [-0.25, -0.2) is 4.39 Å². The van der Waals surface area contributed by atoms with Crippen LogP contribution < -0.4 is 10.6 Å². The van der Waals surface area contributed by atoms with Gasteiger partial charge in [0.1, 0.15) is 5.82 Å². The van der Waals surface area contributed by atoms with Crippen molar-refractivity contribution < 1.29 is 14.0 Å². The molecule has 0 aromatic heterocycles. The summed E-state index contributed by atoms with van der Waals surface area (Å²) in [6.45, 7) is 9.75. The van der Waals surface area contributed by atoms with Crippen LogP contribution in [0.15, 0.2) is 46.6 Å². The summed E-state index contributed by atoms with van der Waals surface area (Å²) in [6, 6.07) is 4.41. The first-order valence-electron chi connectivity index (χ1n) is 9.76. The molecule has 6 heteroatoms. The first kappa shape index (κ1) is 21.4. The molecule has 2 aliphatic heterocycles. The number of amides is 2. The lowest BCUT2D eigenvalue weighted by atomic mass is 9.94. The Kier molecular flexibility index (Phi) is 6.32. The normalized spacial score (nSPS) is 22.8. The second-order valence-corrected chi connectivity index (χ2v) is 9.05. The van der Waals surface area contributed by atoms with Crippen LogP contribution in [0.2, 0.25) is 0 Å². The lowest BCUT2D eigenvalue weighted by Gasteiger charge is -2.20. The van der Waals surface area contributed by atoms with Gasteiger partial charge in [0, 0.05) is 34.2 Å². The molecule has 4 nitrogen and oxygen atoms in total. The fourth-order valence-corrected chi connectivity index (χ4v) is 5.09. The van der Waals surface area contributed by atoms with E-state index in [1.54, 1.807) is 12.1 Å². The molecule has 2 N–H and O–H groups in total. The maximum atomic E-state index is 13.7. The van der Waals surface area contributed by atoms with Crippen LogP contribution in [-0.4, -0.2) is 29.4 Å². The topological polar surface area (TPSA) is 58.2 Å². The van der Waals surface area contributed by atoms with E-state index in [1.165, 1.54) is 12.1 Å². The number of halogens is 1. The van der Waals surface area contributed by atoms with Gasteiger partial charge in [-0.3, -0.25) is 9.59 Å². The molecule has 1 aromatic carbocycles. The van der Waals surface area contributed by atoms with E-state index < -0.39 is 5.82 Å². The van der Waals surface area contributed by atoms with Gasteiger partial charge in [0.15, 0.2) is 0 Å². The van der Waals surface area contributed by atoms with E-state index in [0.717, 1.165) is 28.2 Å². The van der Waals surface area contributed by atoms with Crippen molar-refractivity contribution in [2.24, 2.45) is 5.92 Å². The Morgan fingerprint density at radius 2 is 1.97 bits per heavy atom. The Labute approximate surface area is 175 Å². The SMILES string of the molecule is CC(C)=C(C(=O)NC1CSCC1C)/C(C)=C(C)/C=C1\C(=O)Nc2ccc(F)cc21. The zero-order chi connectivity index (χ0) is 21.3. The highest BCUT2D eigenvalue weighted by atomic mass is 32.2. The fraction of sp³-hybridized carbons (Fsp3) is 0.391. The molecule has 3 rings (SSSR count). The van der Waals surface area contributed by atoms with E-state index in [4.69, 9.17) is 0 Å². The number of hydrogen-bond acceptors (Lipinski definition) is 3. The molecule has 154 valence electrons. The van der Waals surface area contributed by atoms with E-state index in [9.17, 15) is 14.0 Å². The fourth-order valence-electron chi connectivity index (χ4n) is 3.68. The standard InChI is InChI=1S/C23H27FN2O2S/c1-12(2)21(23(28)26-20-11-29-10-14(20)4)15(5)13(3)8-18-17-9-16(24)6-7-19(17)25-22(18)27/h6-9,14,20H,10-11H2,1-5H3,(H,25,27)(H,26,28)/b15-13+,18-8-. The van der Waals surface area contributed by atoms with Crippen LogP contribution in [0.4, 0.5) is 10.1 Å². The van der Waals surface area contributed by atoms with Gasteiger partial charge in [0.05, 0.1) is 0 Å². The number of carbonyl (C=O) groups excluding carboxylic acids is 2. The van der Waals surface area contributed by atoms with E-state index in [-0.39, 0.29) is 17.9 Å². The van der Waals surface area contributed by atoms with Crippen molar-refractivity contribution in [2.75, 3.05) is 16.8 Å². The molecular formula is C23H27FN2O2S. The van der Waals surface area contributed by atoms with Crippen LogP contribution in [0.1, 0.15) is 40.2 Å². The molecule has 0 bridgehead atoms. The van der Waals surface area contributed by atoms with Gasteiger partial charge >= 0.3 is 0 Å². The lowest BCUT2D eigenvalue weighted by Crippen LogP contribution is -2.40. The zero-order valence-corrected chi connectivity index (χ0v) is 18.3. The van der Waals surface area contributed by atoms with Crippen molar-refractivity contribution >= 4 is 34.8 Å². The third-order valence-corrected chi connectivity index (χ3v) is 6.86. The predicted octanol–water partition coefficient (Wildman–Crippen LogP) is 4.70. The summed E-state index contributed by atoms with van der Waals surface area (Å²) >= 11 is 1.86. The predicted molar refractivity (Wildman–Crippen MR) is 118 cm³/mol. The zero-order valence-electron chi connectivity index (χ0n) is 17.5. The van der Waals surface area contributed by atoms with Crippen molar-refractivity contribution in [3.8, 4) is 0 Å². The minimum Gasteiger partial charge on any atom is -0.348 e. The molecule has 1 fully saturated rings. The summed E-state index contributed by atoms with van der Waals surface area (Å²) in [4.78, 5) is 25.4. The van der Waals surface area contributed by atoms with E-state index in [0.29, 0.717) is 28.3 Å². The Morgan fingerprint density at radius 3 is 2.59 bits per heavy atom. The van der Waals surface area contributed by atoms with Crippen LogP contribution in [0.5, 0.6) is 0 Å². The third kappa shape index (κ3) is 4.47. The maximum absolute atomic E-state index is 13.7. The number of rotatable bonds is 4. The van der Waals surface area contributed by atoms with Crippen LogP contribution >= 0.6 is 11.8 Å². The Hall–Kier alpha value is -2.34. The minimum atomic E-state index is -0.391. The number of hydrogen-bond donors (Lipinski definition) is 2. The Balaban J connectivity index is 1.93. The van der Waals surface area contributed by atoms with Gasteiger partial charge < -0.3 is 10.6 Å². The van der Waals surface area contributed by atoms with E-state index in [2.05, 4.69) is 17.6 Å². The van der Waals surface area contributed by atoms with Crippen LogP contribution in [-0.2, 0) is 9.59 Å². The van der Waals surface area contributed by atoms with Gasteiger partial charge in [-0.2, -0.15) is 11.8 Å². The molecule has 2 amide bonds. The summed E-state index contributed by atoms with van der Waals surface area (Å²) in [5, 5.41) is 5.93. The number of fused-ring (bicyclic) bond motifs is 1. The molecule has 2 unspecified atom stereocenters. The number of benzene rings is 1. The van der Waals surface area contributed by atoms with Gasteiger partial charge in [-0.05, 0) is 74.8 Å². The van der Waals surface area contributed by atoms with Crippen molar-refractivity contribution in [2.45, 2.75) is 40.7 Å². The molecule has 2 aliphatic rings.